The zero-order valence-corrected chi connectivity index (χ0v) is 18.4. The Bertz CT molecular complexity index is 862. The SMILES string of the molecule is FC(F)(F)c1ccc(CCCN2CCCC2)cc1.NC(=O)Cc1ccc(OC(F)(F)F)cc1.O. The van der Waals surface area contributed by atoms with Crippen LogP contribution in [0.15, 0.2) is 48.5 Å². The molecule has 0 atom stereocenters. The number of aryl methyl sites for hydroxylation is 1. The Labute approximate surface area is 193 Å². The lowest BCUT2D eigenvalue weighted by Gasteiger charge is -2.14. The fourth-order valence-corrected chi connectivity index (χ4v) is 3.38. The third kappa shape index (κ3) is 11.4. The van der Waals surface area contributed by atoms with E-state index < -0.39 is 24.0 Å². The van der Waals surface area contributed by atoms with Gasteiger partial charge in [-0.05, 0) is 80.7 Å². The number of carbonyl (C=O) groups is 1. The third-order valence-electron chi connectivity index (χ3n) is 4.96. The maximum atomic E-state index is 12.4. The minimum atomic E-state index is -4.70. The van der Waals surface area contributed by atoms with Gasteiger partial charge in [0.05, 0.1) is 12.0 Å². The van der Waals surface area contributed by atoms with Crippen molar-refractivity contribution in [3.63, 3.8) is 0 Å². The van der Waals surface area contributed by atoms with Crippen LogP contribution in [0.3, 0.4) is 0 Å². The molecular formula is C23H28F6N2O3. The zero-order valence-electron chi connectivity index (χ0n) is 18.4. The van der Waals surface area contributed by atoms with Crippen LogP contribution in [0.2, 0.25) is 0 Å². The first kappa shape index (κ1) is 29.2. The second-order valence-corrected chi connectivity index (χ2v) is 7.68. The Morgan fingerprint density at radius 2 is 1.41 bits per heavy atom. The van der Waals surface area contributed by atoms with Gasteiger partial charge in [0.2, 0.25) is 5.91 Å². The number of benzene rings is 2. The number of nitrogens with two attached hydrogens (primary N) is 1. The molecule has 1 saturated heterocycles. The lowest BCUT2D eigenvalue weighted by atomic mass is 10.1. The molecule has 0 radical (unpaired) electrons. The summed E-state index contributed by atoms with van der Waals surface area (Å²) in [5, 5.41) is 0. The minimum Gasteiger partial charge on any atom is -0.412 e. The number of primary amides is 1. The highest BCUT2D eigenvalue weighted by molar-refractivity contribution is 5.76. The highest BCUT2D eigenvalue weighted by Gasteiger charge is 2.31. The Morgan fingerprint density at radius 3 is 1.88 bits per heavy atom. The second-order valence-electron chi connectivity index (χ2n) is 7.68. The molecule has 5 nitrogen and oxygen atoms in total. The zero-order chi connectivity index (χ0) is 24.5. The van der Waals surface area contributed by atoms with Crippen molar-refractivity contribution < 1.29 is 41.4 Å². The van der Waals surface area contributed by atoms with E-state index in [9.17, 15) is 31.1 Å². The lowest BCUT2D eigenvalue weighted by molar-refractivity contribution is -0.274. The van der Waals surface area contributed by atoms with E-state index in [1.54, 1.807) is 12.1 Å². The van der Waals surface area contributed by atoms with Crippen molar-refractivity contribution in [1.82, 2.24) is 4.90 Å². The average molecular weight is 494 g/mol. The molecule has 2 aromatic carbocycles. The van der Waals surface area contributed by atoms with E-state index in [-0.39, 0.29) is 17.6 Å². The highest BCUT2D eigenvalue weighted by atomic mass is 19.4. The lowest BCUT2D eigenvalue weighted by Crippen LogP contribution is -2.20. The number of amides is 1. The monoisotopic (exact) mass is 494 g/mol. The molecule has 0 spiro atoms. The summed E-state index contributed by atoms with van der Waals surface area (Å²) in [6.07, 6.45) is -4.51. The molecule has 2 aromatic rings. The molecule has 0 aromatic heterocycles. The van der Waals surface area contributed by atoms with Gasteiger partial charge in [0.25, 0.3) is 0 Å². The number of ether oxygens (including phenoxy) is 1. The summed E-state index contributed by atoms with van der Waals surface area (Å²) in [7, 11) is 0. The molecule has 1 aliphatic rings. The fraction of sp³-hybridized carbons (Fsp3) is 0.435. The molecule has 11 heteroatoms. The largest absolute Gasteiger partial charge is 0.573 e. The summed E-state index contributed by atoms with van der Waals surface area (Å²) in [6, 6.07) is 10.5. The van der Waals surface area contributed by atoms with E-state index in [1.807, 2.05) is 0 Å². The van der Waals surface area contributed by atoms with Gasteiger partial charge in [0.1, 0.15) is 5.75 Å². The Balaban J connectivity index is 0.000000336. The van der Waals surface area contributed by atoms with Crippen molar-refractivity contribution in [1.29, 1.82) is 0 Å². The van der Waals surface area contributed by atoms with Gasteiger partial charge in [0, 0.05) is 0 Å². The molecule has 1 heterocycles. The smallest absolute Gasteiger partial charge is 0.412 e. The molecule has 0 aliphatic carbocycles. The van der Waals surface area contributed by atoms with E-state index in [4.69, 9.17) is 5.73 Å². The van der Waals surface area contributed by atoms with Crippen LogP contribution < -0.4 is 10.5 Å². The summed E-state index contributed by atoms with van der Waals surface area (Å²) in [4.78, 5) is 12.9. The Morgan fingerprint density at radius 1 is 0.882 bits per heavy atom. The molecule has 0 bridgehead atoms. The van der Waals surface area contributed by atoms with E-state index in [2.05, 4.69) is 9.64 Å². The maximum absolute atomic E-state index is 12.4. The van der Waals surface area contributed by atoms with Gasteiger partial charge in [-0.25, -0.2) is 0 Å². The third-order valence-corrected chi connectivity index (χ3v) is 4.96. The predicted molar refractivity (Wildman–Crippen MR) is 115 cm³/mol. The number of nitrogens with zero attached hydrogens (tertiary/aromatic N) is 1. The molecule has 190 valence electrons. The van der Waals surface area contributed by atoms with Crippen molar-refractivity contribution in [2.75, 3.05) is 19.6 Å². The molecule has 4 N–H and O–H groups in total. The molecule has 0 unspecified atom stereocenters. The summed E-state index contributed by atoms with van der Waals surface area (Å²) < 4.78 is 76.0. The van der Waals surface area contributed by atoms with Gasteiger partial charge in [-0.1, -0.05) is 24.3 Å². The predicted octanol–water partition coefficient (Wildman–Crippen LogP) is 4.52. The highest BCUT2D eigenvalue weighted by Crippen LogP contribution is 2.29. The summed E-state index contributed by atoms with van der Waals surface area (Å²) in [5.41, 5.74) is 5.88. The number of hydrogen-bond acceptors (Lipinski definition) is 3. The van der Waals surface area contributed by atoms with Crippen molar-refractivity contribution in [3.8, 4) is 5.75 Å². The normalized spacial score (nSPS) is 14.1. The fourth-order valence-electron chi connectivity index (χ4n) is 3.38. The second kappa shape index (κ2) is 13.2. The van der Waals surface area contributed by atoms with Crippen LogP contribution in [0.1, 0.15) is 36.0 Å². The van der Waals surface area contributed by atoms with Gasteiger partial charge in [0.15, 0.2) is 0 Å². The first-order valence-electron chi connectivity index (χ1n) is 10.4. The molecule has 1 aliphatic heterocycles. The Hall–Kier alpha value is -2.79. The van der Waals surface area contributed by atoms with E-state index >= 15 is 0 Å². The van der Waals surface area contributed by atoms with Crippen LogP contribution in [0.4, 0.5) is 26.3 Å². The van der Waals surface area contributed by atoms with Crippen LogP contribution >= 0.6 is 0 Å². The first-order valence-corrected chi connectivity index (χ1v) is 10.4. The summed E-state index contributed by atoms with van der Waals surface area (Å²) >= 11 is 0. The molecule has 34 heavy (non-hydrogen) atoms. The topological polar surface area (TPSA) is 87.1 Å². The summed E-state index contributed by atoms with van der Waals surface area (Å²) in [6.45, 7) is 3.40. The maximum Gasteiger partial charge on any atom is 0.573 e. The number of halogens is 6. The van der Waals surface area contributed by atoms with E-state index in [1.165, 1.54) is 50.2 Å². The van der Waals surface area contributed by atoms with Gasteiger partial charge in [-0.2, -0.15) is 13.2 Å². The first-order chi connectivity index (χ1) is 15.4. The number of rotatable bonds is 7. The minimum absolute atomic E-state index is 0. The van der Waals surface area contributed by atoms with Crippen LogP contribution in [0, 0.1) is 0 Å². The van der Waals surface area contributed by atoms with E-state index in [0.29, 0.717) is 5.56 Å². The number of hydrogen-bond donors (Lipinski definition) is 1. The molecule has 3 rings (SSSR count). The van der Waals surface area contributed by atoms with Crippen molar-refractivity contribution in [3.05, 3.63) is 65.2 Å². The standard InChI is InChI=1S/C14H18F3N.C9H8F3NO2.H2O/c15-14(16,17)13-7-5-12(6-8-13)4-3-11-18-9-1-2-10-18;10-9(11,12)15-7-3-1-6(2-4-7)5-8(13)14;/h5-8H,1-4,9-11H2;1-4H,5H2,(H2,13,14);1H2. The van der Waals surface area contributed by atoms with Crippen LogP contribution in [-0.2, 0) is 23.8 Å². The molecule has 0 saturated carbocycles. The average Bonchev–Trinajstić information content (AvgIpc) is 3.22. The Kier molecular flexibility index (Phi) is 11.3. The number of carbonyl (C=O) groups excluding carboxylic acids is 1. The van der Waals surface area contributed by atoms with Crippen LogP contribution in [0.5, 0.6) is 5.75 Å². The van der Waals surface area contributed by atoms with Gasteiger partial charge < -0.3 is 20.8 Å². The summed E-state index contributed by atoms with van der Waals surface area (Å²) in [5.74, 6) is -0.866. The number of alkyl halides is 6. The van der Waals surface area contributed by atoms with Crippen molar-refractivity contribution in [2.45, 2.75) is 44.6 Å². The molecular weight excluding hydrogens is 466 g/mol. The molecule has 1 fully saturated rings. The van der Waals surface area contributed by atoms with Crippen molar-refractivity contribution in [2.24, 2.45) is 5.73 Å². The van der Waals surface area contributed by atoms with Gasteiger partial charge in [-0.15, -0.1) is 13.2 Å². The number of likely N-dealkylation sites (tertiary alicyclic amines) is 1. The molecule has 1 amide bonds. The van der Waals surface area contributed by atoms with Crippen LogP contribution in [0.25, 0.3) is 0 Å². The van der Waals surface area contributed by atoms with E-state index in [0.717, 1.165) is 37.1 Å². The van der Waals surface area contributed by atoms with Gasteiger partial charge >= 0.3 is 12.5 Å². The van der Waals surface area contributed by atoms with Gasteiger partial charge in [-0.3, -0.25) is 4.79 Å². The van der Waals surface area contributed by atoms with Crippen molar-refractivity contribution >= 4 is 5.91 Å². The van der Waals surface area contributed by atoms with Crippen LogP contribution in [-0.4, -0.2) is 42.3 Å². The quantitative estimate of drug-likeness (QED) is 0.574.